The van der Waals surface area contributed by atoms with Gasteiger partial charge in [0.25, 0.3) is 0 Å². The zero-order valence-electron chi connectivity index (χ0n) is 33.5. The summed E-state index contributed by atoms with van der Waals surface area (Å²) in [7, 11) is 0. The molecule has 2 heteroatoms. The van der Waals surface area contributed by atoms with Crippen molar-refractivity contribution in [1.82, 2.24) is 0 Å². The van der Waals surface area contributed by atoms with Crippen molar-refractivity contribution < 1.29 is 26.7 Å². The Morgan fingerprint density at radius 1 is 0.400 bits per heavy atom. The topological polar surface area (TPSA) is 26.3 Å². The van der Waals surface area contributed by atoms with Crippen LogP contribution in [0, 0.1) is 0 Å². The normalized spacial score (nSPS) is 16.6. The summed E-state index contributed by atoms with van der Waals surface area (Å²) in [6.45, 7) is 0. The van der Waals surface area contributed by atoms with Crippen LogP contribution < -0.4 is 0 Å². The average molecular weight is 524 g/mol. The molecule has 0 aliphatic rings. The predicted octanol–water partition coefficient (Wildman–Crippen LogP) is 11.1. The number of para-hydroxylation sites is 2. The van der Waals surface area contributed by atoms with Crippen LogP contribution in [0.5, 0.6) is 0 Å². The van der Waals surface area contributed by atoms with Gasteiger partial charge in [0.1, 0.15) is 22.3 Å². The molecule has 0 atom stereocenters. The summed E-state index contributed by atoms with van der Waals surface area (Å²) < 4.78 is 128. The number of hydrogen-bond acceptors (Lipinski definition) is 2. The van der Waals surface area contributed by atoms with Crippen molar-refractivity contribution >= 4 is 65.4 Å². The number of rotatable bonds is 2. The minimum atomic E-state index is -0.732. The first-order valence-electron chi connectivity index (χ1n) is 19.0. The Morgan fingerprint density at radius 3 is 1.38 bits per heavy atom. The number of benzene rings is 7. The van der Waals surface area contributed by atoms with Gasteiger partial charge in [-0.3, -0.25) is 0 Å². The molecule has 186 valence electrons. The lowest BCUT2D eigenvalue weighted by atomic mass is 9.85. The van der Waals surface area contributed by atoms with E-state index in [1.807, 2.05) is 30.3 Å². The van der Waals surface area contributed by atoms with Crippen LogP contribution in [0.15, 0.2) is 142 Å². The molecule has 2 heterocycles. The van der Waals surface area contributed by atoms with Crippen molar-refractivity contribution in [1.29, 1.82) is 0 Å². The molecule has 0 bridgehead atoms. The largest absolute Gasteiger partial charge is 0.455 e. The van der Waals surface area contributed by atoms with Gasteiger partial charge in [0.15, 0.2) is 0 Å². The maximum Gasteiger partial charge on any atom is 0.147 e. The molecule has 0 amide bonds. The maximum atomic E-state index is 9.39. The molecular weight excluding hydrogens is 488 g/mol. The van der Waals surface area contributed by atoms with Gasteiger partial charge in [-0.1, -0.05) is 115 Å². The SMILES string of the molecule is [2H]c1c([2H])c([2H])c(-c2c3c([2H])c([2H])c([2H])c([2H])c3c(-c3c4oc5ccccc5c4cc4c3oc3ccccc34)c3c([2H])c([2H])c([2H])c([2H])c23)c([2H])c1[2H]. The number of furan rings is 2. The van der Waals surface area contributed by atoms with Crippen LogP contribution >= 0.6 is 0 Å². The highest BCUT2D eigenvalue weighted by atomic mass is 16.3. The Kier molecular flexibility index (Phi) is 2.56. The van der Waals surface area contributed by atoms with Gasteiger partial charge in [0.05, 0.1) is 23.4 Å². The lowest BCUT2D eigenvalue weighted by Crippen LogP contribution is -1.91. The highest BCUT2D eigenvalue weighted by Gasteiger charge is 2.25. The van der Waals surface area contributed by atoms with Crippen molar-refractivity contribution in [3.05, 3.63) is 133 Å². The second-order valence-corrected chi connectivity index (χ2v) is 9.45. The molecule has 2 nitrogen and oxygen atoms in total. The zero-order valence-corrected chi connectivity index (χ0v) is 20.5. The molecule has 0 saturated heterocycles. The highest BCUT2D eigenvalue weighted by molar-refractivity contribution is 6.29. The third-order valence-corrected chi connectivity index (χ3v) is 7.39. The van der Waals surface area contributed by atoms with Crippen LogP contribution in [0.3, 0.4) is 0 Å². The first-order valence-corrected chi connectivity index (χ1v) is 12.5. The quantitative estimate of drug-likeness (QED) is 0.211. The van der Waals surface area contributed by atoms with Gasteiger partial charge < -0.3 is 8.83 Å². The smallest absolute Gasteiger partial charge is 0.147 e. The molecule has 0 fully saturated rings. The van der Waals surface area contributed by atoms with Gasteiger partial charge in [0, 0.05) is 27.1 Å². The van der Waals surface area contributed by atoms with E-state index in [0.717, 1.165) is 0 Å². The monoisotopic (exact) mass is 523 g/mol. The third-order valence-electron chi connectivity index (χ3n) is 7.39. The maximum absolute atomic E-state index is 9.39. The van der Waals surface area contributed by atoms with Gasteiger partial charge in [-0.15, -0.1) is 0 Å². The lowest BCUT2D eigenvalue weighted by molar-refractivity contribution is 0.658. The summed E-state index contributed by atoms with van der Waals surface area (Å²) in [4.78, 5) is 0. The van der Waals surface area contributed by atoms with E-state index < -0.39 is 84.1 Å². The second kappa shape index (κ2) is 8.08. The fourth-order valence-corrected chi connectivity index (χ4v) is 5.76. The van der Waals surface area contributed by atoms with E-state index in [1.54, 1.807) is 24.3 Å². The molecule has 7 aromatic carbocycles. The van der Waals surface area contributed by atoms with E-state index >= 15 is 0 Å². The summed E-state index contributed by atoms with van der Waals surface area (Å²) in [5.74, 6) is 0. The fourth-order valence-electron chi connectivity index (χ4n) is 5.76. The third kappa shape index (κ3) is 2.88. The minimum Gasteiger partial charge on any atom is -0.455 e. The fraction of sp³-hybridized carbons (Fsp3) is 0. The van der Waals surface area contributed by atoms with Crippen LogP contribution in [0.1, 0.15) is 17.8 Å². The van der Waals surface area contributed by atoms with Gasteiger partial charge >= 0.3 is 0 Å². The van der Waals surface area contributed by atoms with Crippen molar-refractivity contribution in [3.8, 4) is 22.3 Å². The van der Waals surface area contributed by atoms with Gasteiger partial charge in [-0.05, 0) is 50.9 Å². The highest BCUT2D eigenvalue weighted by Crippen LogP contribution is 2.50. The Labute approximate surface area is 247 Å². The van der Waals surface area contributed by atoms with Crippen LogP contribution in [0.2, 0.25) is 0 Å². The Hall–Kier alpha value is -5.34. The Bertz CT molecular complexity index is 2960. The van der Waals surface area contributed by atoms with E-state index in [9.17, 15) is 5.48 Å². The van der Waals surface area contributed by atoms with Crippen LogP contribution in [-0.4, -0.2) is 0 Å². The molecule has 9 aromatic rings. The van der Waals surface area contributed by atoms with Crippen molar-refractivity contribution in [2.24, 2.45) is 0 Å². The van der Waals surface area contributed by atoms with E-state index in [0.29, 0.717) is 32.7 Å². The van der Waals surface area contributed by atoms with Crippen LogP contribution in [-0.2, 0) is 0 Å². The summed E-state index contributed by atoms with van der Waals surface area (Å²) in [5.41, 5.74) is 0.659. The second-order valence-electron chi connectivity index (χ2n) is 9.45. The summed E-state index contributed by atoms with van der Waals surface area (Å²) in [6, 6.07) is 7.59. The molecule has 0 N–H and O–H groups in total. The van der Waals surface area contributed by atoms with Gasteiger partial charge in [0.2, 0.25) is 0 Å². The van der Waals surface area contributed by atoms with E-state index in [1.165, 1.54) is 0 Å². The van der Waals surface area contributed by atoms with Crippen molar-refractivity contribution in [3.63, 3.8) is 0 Å². The Morgan fingerprint density at radius 2 is 0.850 bits per heavy atom. The van der Waals surface area contributed by atoms with E-state index in [4.69, 9.17) is 21.2 Å². The first-order chi connectivity index (χ1) is 25.3. The molecule has 9 rings (SSSR count). The standard InChI is InChI=1S/C38H22O2/c1-2-12-23(13-3-1)34-26-16-4-6-18-28(26)35(29-19-7-5-17-27(29)34)36-37-30(24-14-8-10-20-32(24)39-37)22-31-25-15-9-11-21-33(25)40-38(31)36/h1-22H/i1D,2D,3D,4D,5D,6D,7D,12D,13D,16D,17D,18D,19D. The summed E-state index contributed by atoms with van der Waals surface area (Å²) in [5, 5.41) is 1.59. The molecular formula is C38H22O2. The van der Waals surface area contributed by atoms with Crippen molar-refractivity contribution in [2.75, 3.05) is 0 Å². The molecule has 0 radical (unpaired) electrons. The predicted molar refractivity (Wildman–Crippen MR) is 167 cm³/mol. The van der Waals surface area contributed by atoms with Crippen molar-refractivity contribution in [2.45, 2.75) is 0 Å². The lowest BCUT2D eigenvalue weighted by Gasteiger charge is -2.18. The number of hydrogen-bond donors (Lipinski definition) is 0. The molecule has 2 aromatic heterocycles. The summed E-state index contributed by atoms with van der Waals surface area (Å²) in [6.07, 6.45) is 0. The van der Waals surface area contributed by atoms with E-state index in [2.05, 4.69) is 0 Å². The zero-order chi connectivity index (χ0) is 37.5. The van der Waals surface area contributed by atoms with Gasteiger partial charge in [-0.2, -0.15) is 0 Å². The molecule has 40 heavy (non-hydrogen) atoms. The minimum absolute atomic E-state index is 0.0566. The van der Waals surface area contributed by atoms with Gasteiger partial charge in [-0.25, -0.2) is 0 Å². The molecule has 0 aliphatic carbocycles. The molecule has 0 aliphatic heterocycles. The van der Waals surface area contributed by atoms with Crippen LogP contribution in [0.4, 0.5) is 0 Å². The molecule has 0 spiro atoms. The first kappa shape index (κ1) is 12.7. The summed E-state index contributed by atoms with van der Waals surface area (Å²) >= 11 is 0. The molecule has 0 saturated carbocycles. The van der Waals surface area contributed by atoms with Crippen LogP contribution in [0.25, 0.3) is 87.7 Å². The average Bonchev–Trinajstić information content (AvgIpc) is 3.72. The number of fused-ring (bicyclic) bond motifs is 8. The van der Waals surface area contributed by atoms with E-state index in [-0.39, 0.29) is 49.4 Å². The molecule has 0 unspecified atom stereocenters. The Balaban J connectivity index is 1.69.